The summed E-state index contributed by atoms with van der Waals surface area (Å²) in [7, 11) is 0. The Morgan fingerprint density at radius 2 is 1.58 bits per heavy atom. The minimum absolute atomic E-state index is 0.211. The number of nitrogens with zero attached hydrogens (tertiary/aromatic N) is 2. The molecule has 1 aliphatic carbocycles. The molecule has 0 aliphatic heterocycles. The summed E-state index contributed by atoms with van der Waals surface area (Å²) < 4.78 is 13.4. The van der Waals surface area contributed by atoms with Gasteiger partial charge in [0.15, 0.2) is 16.1 Å². The summed E-state index contributed by atoms with van der Waals surface area (Å²) in [6, 6.07) is 9.98. The summed E-state index contributed by atoms with van der Waals surface area (Å²) >= 11 is 11.6. The first-order valence-electron chi connectivity index (χ1n) is 6.08. The van der Waals surface area contributed by atoms with Crippen LogP contribution in [0.3, 0.4) is 0 Å². The van der Waals surface area contributed by atoms with Crippen molar-refractivity contribution < 1.29 is 4.39 Å². The first kappa shape index (κ1) is 12.8. The van der Waals surface area contributed by atoms with E-state index in [1.165, 1.54) is 0 Å². The lowest BCUT2D eigenvalue weighted by Crippen LogP contribution is -2.37. The van der Waals surface area contributed by atoms with Crippen molar-refractivity contribution in [1.29, 1.82) is 0 Å². The highest BCUT2D eigenvalue weighted by atomic mass is 35.5. The molecule has 1 saturated carbocycles. The minimum Gasteiger partial charge on any atom is -0.217 e. The second-order valence-electron chi connectivity index (χ2n) is 4.74. The van der Waals surface area contributed by atoms with Crippen molar-refractivity contribution in [2.24, 2.45) is 0 Å². The van der Waals surface area contributed by atoms with Gasteiger partial charge in [0.1, 0.15) is 5.82 Å². The lowest BCUT2D eigenvalue weighted by Gasteiger charge is -2.41. The molecule has 0 spiro atoms. The van der Waals surface area contributed by atoms with Crippen molar-refractivity contribution in [3.8, 4) is 0 Å². The SMILES string of the molecule is Fc1c(Cl)nc(C2(c3ccccc3)CCC2)nc1Cl. The van der Waals surface area contributed by atoms with Crippen molar-refractivity contribution >= 4 is 23.2 Å². The standard InChI is InChI=1S/C14H11Cl2FN2/c15-11-10(17)12(16)19-13(18-11)14(7-4-8-14)9-5-2-1-3-6-9/h1-3,5-6H,4,7-8H2. The van der Waals surface area contributed by atoms with E-state index in [4.69, 9.17) is 23.2 Å². The second kappa shape index (κ2) is 4.73. The average molecular weight is 297 g/mol. The molecule has 0 bridgehead atoms. The van der Waals surface area contributed by atoms with Gasteiger partial charge in [0.2, 0.25) is 0 Å². The Labute approximate surface area is 120 Å². The Balaban J connectivity index is 2.13. The quantitative estimate of drug-likeness (QED) is 0.768. The van der Waals surface area contributed by atoms with Gasteiger partial charge in [0, 0.05) is 0 Å². The molecule has 1 aromatic carbocycles. The van der Waals surface area contributed by atoms with Crippen LogP contribution in [0, 0.1) is 5.82 Å². The van der Waals surface area contributed by atoms with Gasteiger partial charge in [-0.3, -0.25) is 0 Å². The van der Waals surface area contributed by atoms with Crippen LogP contribution in [0.4, 0.5) is 4.39 Å². The molecule has 0 amide bonds. The molecular formula is C14H11Cl2FN2. The van der Waals surface area contributed by atoms with Gasteiger partial charge in [0.25, 0.3) is 0 Å². The molecule has 0 unspecified atom stereocenters. The Morgan fingerprint density at radius 1 is 1.00 bits per heavy atom. The first-order chi connectivity index (χ1) is 9.13. The predicted molar refractivity (Wildman–Crippen MR) is 73.1 cm³/mol. The van der Waals surface area contributed by atoms with Gasteiger partial charge >= 0.3 is 0 Å². The van der Waals surface area contributed by atoms with Gasteiger partial charge in [-0.05, 0) is 18.4 Å². The third-order valence-corrected chi connectivity index (χ3v) is 4.23. The third kappa shape index (κ3) is 2.01. The molecule has 19 heavy (non-hydrogen) atoms. The van der Waals surface area contributed by atoms with Gasteiger partial charge < -0.3 is 0 Å². The Kier molecular flexibility index (Phi) is 3.19. The van der Waals surface area contributed by atoms with E-state index in [1.807, 2.05) is 30.3 Å². The molecular weight excluding hydrogens is 286 g/mol. The molecule has 2 nitrogen and oxygen atoms in total. The number of rotatable bonds is 2. The van der Waals surface area contributed by atoms with E-state index in [0.717, 1.165) is 24.8 Å². The summed E-state index contributed by atoms with van der Waals surface area (Å²) in [4.78, 5) is 8.20. The Morgan fingerprint density at radius 3 is 2.05 bits per heavy atom. The monoisotopic (exact) mass is 296 g/mol. The van der Waals surface area contributed by atoms with Gasteiger partial charge in [-0.2, -0.15) is 0 Å². The number of hydrogen-bond donors (Lipinski definition) is 0. The van der Waals surface area contributed by atoms with Gasteiger partial charge in [-0.1, -0.05) is 60.0 Å². The van der Waals surface area contributed by atoms with Crippen LogP contribution in [0.15, 0.2) is 30.3 Å². The number of hydrogen-bond acceptors (Lipinski definition) is 2. The molecule has 1 aromatic heterocycles. The van der Waals surface area contributed by atoms with Crippen LogP contribution in [0.25, 0.3) is 0 Å². The van der Waals surface area contributed by atoms with Crippen LogP contribution in [0.1, 0.15) is 30.7 Å². The zero-order chi connectivity index (χ0) is 13.5. The molecule has 0 N–H and O–H groups in total. The molecule has 3 rings (SSSR count). The fraction of sp³-hybridized carbons (Fsp3) is 0.286. The maximum Gasteiger partial charge on any atom is 0.197 e. The molecule has 1 fully saturated rings. The number of aromatic nitrogens is 2. The van der Waals surface area contributed by atoms with Crippen LogP contribution in [-0.4, -0.2) is 9.97 Å². The molecule has 98 valence electrons. The van der Waals surface area contributed by atoms with Crippen molar-refractivity contribution in [2.45, 2.75) is 24.7 Å². The smallest absolute Gasteiger partial charge is 0.197 e. The molecule has 5 heteroatoms. The Hall–Kier alpha value is -1.19. The normalized spacial score (nSPS) is 17.0. The summed E-state index contributed by atoms with van der Waals surface area (Å²) in [6.07, 6.45) is 2.94. The van der Waals surface area contributed by atoms with Crippen LogP contribution in [0.2, 0.25) is 10.3 Å². The van der Waals surface area contributed by atoms with Crippen molar-refractivity contribution in [3.63, 3.8) is 0 Å². The fourth-order valence-electron chi connectivity index (χ4n) is 2.54. The van der Waals surface area contributed by atoms with Crippen molar-refractivity contribution in [3.05, 3.63) is 57.8 Å². The largest absolute Gasteiger partial charge is 0.217 e. The molecule has 0 atom stereocenters. The topological polar surface area (TPSA) is 25.8 Å². The molecule has 0 radical (unpaired) electrons. The maximum atomic E-state index is 13.4. The van der Waals surface area contributed by atoms with Crippen LogP contribution < -0.4 is 0 Å². The highest BCUT2D eigenvalue weighted by molar-refractivity contribution is 6.33. The summed E-state index contributed by atoms with van der Waals surface area (Å²) in [5.74, 6) is -0.240. The van der Waals surface area contributed by atoms with E-state index in [-0.39, 0.29) is 15.7 Å². The minimum atomic E-state index is -0.755. The lowest BCUT2D eigenvalue weighted by atomic mass is 9.64. The van der Waals surface area contributed by atoms with E-state index in [2.05, 4.69) is 9.97 Å². The lowest BCUT2D eigenvalue weighted by molar-refractivity contribution is 0.284. The second-order valence-corrected chi connectivity index (χ2v) is 5.46. The maximum absolute atomic E-state index is 13.4. The van der Waals surface area contributed by atoms with Crippen LogP contribution >= 0.6 is 23.2 Å². The molecule has 0 saturated heterocycles. The summed E-state index contributed by atoms with van der Waals surface area (Å²) in [5, 5.41) is -0.422. The first-order valence-corrected chi connectivity index (χ1v) is 6.84. The molecule has 2 aromatic rings. The van der Waals surface area contributed by atoms with E-state index in [1.54, 1.807) is 0 Å². The van der Waals surface area contributed by atoms with E-state index in [0.29, 0.717) is 5.82 Å². The molecule has 1 aliphatic rings. The van der Waals surface area contributed by atoms with E-state index < -0.39 is 5.82 Å². The van der Waals surface area contributed by atoms with Crippen molar-refractivity contribution in [1.82, 2.24) is 9.97 Å². The average Bonchev–Trinajstić information content (AvgIpc) is 2.36. The highest BCUT2D eigenvalue weighted by Crippen LogP contribution is 2.48. The zero-order valence-corrected chi connectivity index (χ0v) is 11.5. The van der Waals surface area contributed by atoms with E-state index >= 15 is 0 Å². The molecule has 1 heterocycles. The van der Waals surface area contributed by atoms with Crippen LogP contribution in [-0.2, 0) is 5.41 Å². The Bertz CT molecular complexity index is 589. The van der Waals surface area contributed by atoms with Gasteiger partial charge in [-0.25, -0.2) is 14.4 Å². The highest BCUT2D eigenvalue weighted by Gasteiger charge is 2.43. The van der Waals surface area contributed by atoms with Gasteiger partial charge in [-0.15, -0.1) is 0 Å². The number of benzene rings is 1. The van der Waals surface area contributed by atoms with Crippen LogP contribution in [0.5, 0.6) is 0 Å². The zero-order valence-electron chi connectivity index (χ0n) is 10.0. The van der Waals surface area contributed by atoms with Crippen molar-refractivity contribution in [2.75, 3.05) is 0 Å². The number of halogens is 3. The third-order valence-electron chi connectivity index (χ3n) is 3.73. The predicted octanol–water partition coefficient (Wildman–Crippen LogP) is 4.39. The summed E-state index contributed by atoms with van der Waals surface area (Å²) in [6.45, 7) is 0. The summed E-state index contributed by atoms with van der Waals surface area (Å²) in [5.41, 5.74) is 0.849. The van der Waals surface area contributed by atoms with Gasteiger partial charge in [0.05, 0.1) is 5.41 Å². The fourth-order valence-corrected chi connectivity index (χ4v) is 2.92. The van der Waals surface area contributed by atoms with E-state index in [9.17, 15) is 4.39 Å².